The Kier molecular flexibility index (Phi) is 6.87. The molecule has 0 fully saturated rings. The molecular formula is C25H19N3O4S. The van der Waals surface area contributed by atoms with Crippen molar-refractivity contribution in [3.05, 3.63) is 112 Å². The first-order chi connectivity index (χ1) is 16.1. The topological polar surface area (TPSA) is 94.4 Å². The molecule has 0 saturated carbocycles. The van der Waals surface area contributed by atoms with E-state index in [9.17, 15) is 14.9 Å². The smallest absolute Gasteiger partial charge is 0.270 e. The van der Waals surface area contributed by atoms with Crippen LogP contribution in [0.1, 0.15) is 11.1 Å². The maximum atomic E-state index is 12.3. The number of hydrogen-bond donors (Lipinski definition) is 1. The number of carbonyl (C=O) groups excluding carboxylic acids is 1. The third kappa shape index (κ3) is 6.11. The highest BCUT2D eigenvalue weighted by molar-refractivity contribution is 7.14. The van der Waals surface area contributed by atoms with Crippen molar-refractivity contribution >= 4 is 34.1 Å². The van der Waals surface area contributed by atoms with Crippen LogP contribution in [0.3, 0.4) is 0 Å². The Morgan fingerprint density at radius 2 is 1.85 bits per heavy atom. The van der Waals surface area contributed by atoms with Gasteiger partial charge in [-0.25, -0.2) is 4.98 Å². The summed E-state index contributed by atoms with van der Waals surface area (Å²) >= 11 is 1.25. The Labute approximate surface area is 194 Å². The molecule has 4 aromatic rings. The van der Waals surface area contributed by atoms with E-state index in [-0.39, 0.29) is 11.6 Å². The van der Waals surface area contributed by atoms with E-state index in [4.69, 9.17) is 4.74 Å². The second-order valence-electron chi connectivity index (χ2n) is 7.01. The van der Waals surface area contributed by atoms with Crippen molar-refractivity contribution < 1.29 is 14.5 Å². The molecule has 1 amide bonds. The standard InChI is InChI=1S/C25H19N3O4S/c29-24(27-25-26-23(17-33-25)20-7-4-8-21(15-20)28(30)31)14-11-18-9-12-22(13-10-18)32-16-19-5-2-1-3-6-19/h1-15,17H,16H2,(H,26,27,29)/b14-11+. The van der Waals surface area contributed by atoms with Crippen molar-refractivity contribution in [2.24, 2.45) is 0 Å². The number of benzene rings is 3. The van der Waals surface area contributed by atoms with Crippen molar-refractivity contribution in [1.29, 1.82) is 0 Å². The van der Waals surface area contributed by atoms with Crippen LogP contribution in [0.5, 0.6) is 5.75 Å². The van der Waals surface area contributed by atoms with Gasteiger partial charge < -0.3 is 4.74 Å². The van der Waals surface area contributed by atoms with Crippen LogP contribution in [0.15, 0.2) is 90.3 Å². The summed E-state index contributed by atoms with van der Waals surface area (Å²) in [7, 11) is 0. The number of anilines is 1. The third-order valence-corrected chi connectivity index (χ3v) is 5.40. The van der Waals surface area contributed by atoms with Crippen molar-refractivity contribution in [3.8, 4) is 17.0 Å². The lowest BCUT2D eigenvalue weighted by Gasteiger charge is -2.06. The number of nitro groups is 1. The van der Waals surface area contributed by atoms with E-state index in [0.717, 1.165) is 16.9 Å². The van der Waals surface area contributed by atoms with E-state index in [1.165, 1.54) is 29.5 Å². The lowest BCUT2D eigenvalue weighted by Crippen LogP contribution is -2.07. The monoisotopic (exact) mass is 457 g/mol. The second kappa shape index (κ2) is 10.3. The molecule has 0 atom stereocenters. The van der Waals surface area contributed by atoms with Crippen molar-refractivity contribution in [1.82, 2.24) is 4.98 Å². The van der Waals surface area contributed by atoms with Gasteiger partial charge in [-0.1, -0.05) is 54.6 Å². The largest absolute Gasteiger partial charge is 0.489 e. The van der Waals surface area contributed by atoms with Gasteiger partial charge in [-0.3, -0.25) is 20.2 Å². The van der Waals surface area contributed by atoms with Crippen LogP contribution in [0.4, 0.5) is 10.8 Å². The average molecular weight is 458 g/mol. The number of thiazole rings is 1. The third-order valence-electron chi connectivity index (χ3n) is 4.64. The summed E-state index contributed by atoms with van der Waals surface area (Å²) in [4.78, 5) is 27.1. The van der Waals surface area contributed by atoms with E-state index in [1.54, 1.807) is 23.6 Å². The van der Waals surface area contributed by atoms with E-state index in [2.05, 4.69) is 10.3 Å². The minimum atomic E-state index is -0.453. The normalized spacial score (nSPS) is 10.8. The fraction of sp³-hybridized carbons (Fsp3) is 0.0400. The molecule has 33 heavy (non-hydrogen) atoms. The molecule has 0 spiro atoms. The fourth-order valence-electron chi connectivity index (χ4n) is 2.98. The lowest BCUT2D eigenvalue weighted by molar-refractivity contribution is -0.384. The van der Waals surface area contributed by atoms with E-state index in [0.29, 0.717) is 23.0 Å². The average Bonchev–Trinajstić information content (AvgIpc) is 3.31. The molecule has 164 valence electrons. The van der Waals surface area contributed by atoms with Crippen LogP contribution in [-0.2, 0) is 11.4 Å². The molecule has 0 aliphatic rings. The van der Waals surface area contributed by atoms with Gasteiger partial charge in [-0.15, -0.1) is 11.3 Å². The number of nitrogens with zero attached hydrogens (tertiary/aromatic N) is 2. The number of aromatic nitrogens is 1. The lowest BCUT2D eigenvalue weighted by atomic mass is 10.1. The maximum Gasteiger partial charge on any atom is 0.270 e. The van der Waals surface area contributed by atoms with E-state index in [1.807, 2.05) is 54.6 Å². The minimum Gasteiger partial charge on any atom is -0.489 e. The van der Waals surface area contributed by atoms with Crippen LogP contribution < -0.4 is 10.1 Å². The van der Waals surface area contributed by atoms with Crippen LogP contribution in [0.2, 0.25) is 0 Å². The Hall–Kier alpha value is -4.30. The van der Waals surface area contributed by atoms with Gasteiger partial charge in [0.2, 0.25) is 5.91 Å². The molecule has 0 unspecified atom stereocenters. The van der Waals surface area contributed by atoms with Crippen LogP contribution in [-0.4, -0.2) is 15.8 Å². The van der Waals surface area contributed by atoms with Crippen LogP contribution in [0.25, 0.3) is 17.3 Å². The van der Waals surface area contributed by atoms with Crippen molar-refractivity contribution in [3.63, 3.8) is 0 Å². The quantitative estimate of drug-likeness (QED) is 0.200. The van der Waals surface area contributed by atoms with Crippen LogP contribution >= 0.6 is 11.3 Å². The van der Waals surface area contributed by atoms with E-state index >= 15 is 0 Å². The molecule has 3 aromatic carbocycles. The zero-order valence-electron chi connectivity index (χ0n) is 17.4. The molecule has 8 heteroatoms. The molecule has 0 saturated heterocycles. The number of ether oxygens (including phenoxy) is 1. The van der Waals surface area contributed by atoms with Gasteiger partial charge in [-0.05, 0) is 29.3 Å². The number of amides is 1. The fourth-order valence-corrected chi connectivity index (χ4v) is 3.70. The highest BCUT2D eigenvalue weighted by Crippen LogP contribution is 2.27. The zero-order chi connectivity index (χ0) is 23.0. The van der Waals surface area contributed by atoms with Gasteiger partial charge >= 0.3 is 0 Å². The summed E-state index contributed by atoms with van der Waals surface area (Å²) in [5.74, 6) is 0.427. The number of hydrogen-bond acceptors (Lipinski definition) is 6. The highest BCUT2D eigenvalue weighted by atomic mass is 32.1. The Morgan fingerprint density at radius 3 is 2.61 bits per heavy atom. The number of nitro benzene ring substituents is 1. The summed E-state index contributed by atoms with van der Waals surface area (Å²) in [6.07, 6.45) is 3.12. The number of nitrogens with one attached hydrogen (secondary N) is 1. The molecule has 7 nitrogen and oxygen atoms in total. The Bertz CT molecular complexity index is 1280. The van der Waals surface area contributed by atoms with Gasteiger partial charge in [0.25, 0.3) is 5.69 Å². The Balaban J connectivity index is 1.32. The summed E-state index contributed by atoms with van der Waals surface area (Å²) < 4.78 is 5.76. The van der Waals surface area contributed by atoms with Gasteiger partial charge in [0, 0.05) is 29.2 Å². The summed E-state index contributed by atoms with van der Waals surface area (Å²) in [6.45, 7) is 0.491. The first kappa shape index (κ1) is 21.9. The minimum absolute atomic E-state index is 0.00879. The van der Waals surface area contributed by atoms with Crippen molar-refractivity contribution in [2.45, 2.75) is 6.61 Å². The van der Waals surface area contributed by atoms with Crippen LogP contribution in [0, 0.1) is 10.1 Å². The molecule has 4 rings (SSSR count). The molecular weight excluding hydrogens is 438 g/mol. The van der Waals surface area contributed by atoms with Crippen molar-refractivity contribution in [2.75, 3.05) is 5.32 Å². The predicted molar refractivity (Wildman–Crippen MR) is 129 cm³/mol. The molecule has 1 N–H and O–H groups in total. The summed E-state index contributed by atoms with van der Waals surface area (Å²) in [5, 5.41) is 15.8. The second-order valence-corrected chi connectivity index (χ2v) is 7.87. The number of non-ortho nitro benzene ring substituents is 1. The predicted octanol–water partition coefficient (Wildman–Crippen LogP) is 5.95. The first-order valence-electron chi connectivity index (χ1n) is 10.0. The molecule has 0 aliphatic carbocycles. The summed E-state index contributed by atoms with van der Waals surface area (Å²) in [6, 6.07) is 23.6. The molecule has 1 heterocycles. The Morgan fingerprint density at radius 1 is 1.06 bits per heavy atom. The SMILES string of the molecule is O=C(/C=C/c1ccc(OCc2ccccc2)cc1)Nc1nc(-c2cccc([N+](=O)[O-])c2)cs1. The van der Waals surface area contributed by atoms with Gasteiger partial charge in [0.05, 0.1) is 10.6 Å². The first-order valence-corrected chi connectivity index (χ1v) is 10.9. The van der Waals surface area contributed by atoms with Gasteiger partial charge in [0.1, 0.15) is 12.4 Å². The molecule has 1 aromatic heterocycles. The summed E-state index contributed by atoms with van der Waals surface area (Å²) in [5.41, 5.74) is 3.12. The molecule has 0 aliphatic heterocycles. The highest BCUT2D eigenvalue weighted by Gasteiger charge is 2.10. The van der Waals surface area contributed by atoms with E-state index < -0.39 is 4.92 Å². The van der Waals surface area contributed by atoms with Gasteiger partial charge in [-0.2, -0.15) is 0 Å². The molecule has 0 radical (unpaired) electrons. The number of carbonyl (C=O) groups is 1. The number of rotatable bonds is 8. The maximum absolute atomic E-state index is 12.3. The molecule has 0 bridgehead atoms. The van der Waals surface area contributed by atoms with Gasteiger partial charge in [0.15, 0.2) is 5.13 Å². The zero-order valence-corrected chi connectivity index (χ0v) is 18.2.